The Labute approximate surface area is 102 Å². The van der Waals surface area contributed by atoms with Crippen LogP contribution in [0.25, 0.3) is 0 Å². The molecule has 1 aliphatic rings. The third kappa shape index (κ3) is 2.09. The Hall–Kier alpha value is -0.960. The zero-order valence-corrected chi connectivity index (χ0v) is 10.6. The molecule has 1 aliphatic heterocycles. The Morgan fingerprint density at radius 1 is 1.31 bits per heavy atom. The molecule has 3 heteroatoms. The topological polar surface area (TPSA) is 20.3 Å². The number of rotatable bonds is 1. The first-order valence-electron chi connectivity index (χ1n) is 5.62. The van der Waals surface area contributed by atoms with Crippen molar-refractivity contribution >= 4 is 18.5 Å². The van der Waals surface area contributed by atoms with Crippen LogP contribution in [0.3, 0.4) is 0 Å². The second-order valence-corrected chi connectivity index (χ2v) is 5.44. The number of benzene rings is 1. The van der Waals surface area contributed by atoms with Gasteiger partial charge in [-0.1, -0.05) is 0 Å². The van der Waals surface area contributed by atoms with Gasteiger partial charge in [0, 0.05) is 22.5 Å². The minimum Gasteiger partial charge on any atom is -0.334 e. The Bertz CT molecular complexity index is 397. The molecular weight excluding hydrogens is 218 g/mol. The number of amides is 1. The van der Waals surface area contributed by atoms with Gasteiger partial charge in [-0.3, -0.25) is 4.79 Å². The van der Waals surface area contributed by atoms with Crippen molar-refractivity contribution in [2.45, 2.75) is 37.1 Å². The van der Waals surface area contributed by atoms with E-state index in [-0.39, 0.29) is 11.4 Å². The highest BCUT2D eigenvalue weighted by Crippen LogP contribution is 2.29. The molecule has 0 aliphatic carbocycles. The van der Waals surface area contributed by atoms with Gasteiger partial charge in [-0.05, 0) is 51.0 Å². The lowest BCUT2D eigenvalue weighted by Gasteiger charge is -2.31. The Morgan fingerprint density at radius 2 is 1.94 bits per heavy atom. The molecule has 0 atom stereocenters. The summed E-state index contributed by atoms with van der Waals surface area (Å²) in [6.45, 7) is 5.13. The first kappa shape index (κ1) is 11.5. The molecule has 1 aromatic carbocycles. The molecule has 0 unspecified atom stereocenters. The third-order valence-corrected chi connectivity index (χ3v) is 3.56. The maximum Gasteiger partial charge on any atom is 0.254 e. The lowest BCUT2D eigenvalue weighted by Crippen LogP contribution is -2.42. The summed E-state index contributed by atoms with van der Waals surface area (Å²) in [5, 5.41) is 0. The van der Waals surface area contributed by atoms with E-state index >= 15 is 0 Å². The lowest BCUT2D eigenvalue weighted by molar-refractivity contribution is 0.0652. The van der Waals surface area contributed by atoms with Gasteiger partial charge in [0.25, 0.3) is 5.91 Å². The SMILES string of the molecule is CC1(C)CCCN1C(=O)c1ccc(S)cc1. The first-order chi connectivity index (χ1) is 7.50. The summed E-state index contributed by atoms with van der Waals surface area (Å²) in [6.07, 6.45) is 2.19. The van der Waals surface area contributed by atoms with Crippen LogP contribution in [0.4, 0.5) is 0 Å². The number of nitrogens with zero attached hydrogens (tertiary/aromatic N) is 1. The van der Waals surface area contributed by atoms with Gasteiger partial charge in [0.1, 0.15) is 0 Å². The predicted molar refractivity (Wildman–Crippen MR) is 68.0 cm³/mol. The van der Waals surface area contributed by atoms with E-state index in [4.69, 9.17) is 0 Å². The van der Waals surface area contributed by atoms with Crippen molar-refractivity contribution in [3.63, 3.8) is 0 Å². The average molecular weight is 235 g/mol. The van der Waals surface area contributed by atoms with Gasteiger partial charge in [-0.25, -0.2) is 0 Å². The van der Waals surface area contributed by atoms with Crippen molar-refractivity contribution in [1.82, 2.24) is 4.90 Å². The number of hydrogen-bond acceptors (Lipinski definition) is 2. The average Bonchev–Trinajstić information content (AvgIpc) is 2.58. The normalized spacial score (nSPS) is 18.8. The van der Waals surface area contributed by atoms with Crippen molar-refractivity contribution in [2.75, 3.05) is 6.54 Å². The number of thiol groups is 1. The molecule has 1 fully saturated rings. The fraction of sp³-hybridized carbons (Fsp3) is 0.462. The molecule has 2 rings (SSSR count). The molecule has 0 aromatic heterocycles. The largest absolute Gasteiger partial charge is 0.334 e. The van der Waals surface area contributed by atoms with Gasteiger partial charge in [-0.15, -0.1) is 12.6 Å². The molecule has 0 N–H and O–H groups in total. The van der Waals surface area contributed by atoms with Crippen LogP contribution in [0.1, 0.15) is 37.0 Å². The standard InChI is InChI=1S/C13H17NOS/c1-13(2)8-3-9-14(13)12(15)10-4-6-11(16)7-5-10/h4-7,16H,3,8-9H2,1-2H3. The van der Waals surface area contributed by atoms with Crippen LogP contribution in [0.2, 0.25) is 0 Å². The molecule has 1 aromatic rings. The summed E-state index contributed by atoms with van der Waals surface area (Å²) >= 11 is 4.22. The highest BCUT2D eigenvalue weighted by Gasteiger charge is 2.35. The van der Waals surface area contributed by atoms with Crippen molar-refractivity contribution in [1.29, 1.82) is 0 Å². The van der Waals surface area contributed by atoms with Crippen molar-refractivity contribution in [2.24, 2.45) is 0 Å². The maximum atomic E-state index is 12.3. The zero-order chi connectivity index (χ0) is 11.8. The summed E-state index contributed by atoms with van der Waals surface area (Å²) in [4.78, 5) is 15.1. The highest BCUT2D eigenvalue weighted by molar-refractivity contribution is 7.80. The van der Waals surface area contributed by atoms with E-state index in [1.807, 2.05) is 29.2 Å². The Kier molecular flexibility index (Phi) is 2.98. The van der Waals surface area contributed by atoms with E-state index in [1.165, 1.54) is 0 Å². The molecule has 86 valence electrons. The Morgan fingerprint density at radius 3 is 2.44 bits per heavy atom. The molecule has 0 saturated carbocycles. The quantitative estimate of drug-likeness (QED) is 0.742. The smallest absolute Gasteiger partial charge is 0.254 e. The van der Waals surface area contributed by atoms with Crippen LogP contribution in [-0.4, -0.2) is 22.9 Å². The van der Waals surface area contributed by atoms with Gasteiger partial charge in [0.05, 0.1) is 0 Å². The molecule has 0 radical (unpaired) electrons. The van der Waals surface area contributed by atoms with Crippen molar-refractivity contribution < 1.29 is 4.79 Å². The lowest BCUT2D eigenvalue weighted by atomic mass is 10.0. The summed E-state index contributed by atoms with van der Waals surface area (Å²) in [5.74, 6) is 0.135. The van der Waals surface area contributed by atoms with E-state index < -0.39 is 0 Å². The van der Waals surface area contributed by atoms with Gasteiger partial charge in [0.2, 0.25) is 0 Å². The molecule has 1 heterocycles. The van der Waals surface area contributed by atoms with Gasteiger partial charge in [0.15, 0.2) is 0 Å². The fourth-order valence-electron chi connectivity index (χ4n) is 2.24. The van der Waals surface area contributed by atoms with Crippen LogP contribution in [-0.2, 0) is 0 Å². The monoisotopic (exact) mass is 235 g/mol. The molecular formula is C13H17NOS. The van der Waals surface area contributed by atoms with Crippen LogP contribution in [0.15, 0.2) is 29.2 Å². The summed E-state index contributed by atoms with van der Waals surface area (Å²) in [5.41, 5.74) is 0.754. The van der Waals surface area contributed by atoms with Gasteiger partial charge < -0.3 is 4.90 Å². The number of likely N-dealkylation sites (tertiary alicyclic amines) is 1. The minimum absolute atomic E-state index is 0.00325. The molecule has 1 amide bonds. The van der Waals surface area contributed by atoms with E-state index in [9.17, 15) is 4.79 Å². The van der Waals surface area contributed by atoms with Crippen molar-refractivity contribution in [3.05, 3.63) is 29.8 Å². The minimum atomic E-state index is -0.00325. The summed E-state index contributed by atoms with van der Waals surface area (Å²) in [7, 11) is 0. The maximum absolute atomic E-state index is 12.3. The van der Waals surface area contributed by atoms with Crippen LogP contribution in [0.5, 0.6) is 0 Å². The number of carbonyl (C=O) groups is 1. The first-order valence-corrected chi connectivity index (χ1v) is 6.06. The van der Waals surface area contributed by atoms with E-state index in [0.29, 0.717) is 0 Å². The molecule has 2 nitrogen and oxygen atoms in total. The van der Waals surface area contributed by atoms with Crippen LogP contribution < -0.4 is 0 Å². The molecule has 0 bridgehead atoms. The van der Waals surface area contributed by atoms with Crippen molar-refractivity contribution in [3.8, 4) is 0 Å². The van der Waals surface area contributed by atoms with E-state index in [1.54, 1.807) is 0 Å². The fourth-order valence-corrected chi connectivity index (χ4v) is 2.39. The molecule has 16 heavy (non-hydrogen) atoms. The van der Waals surface area contributed by atoms with Gasteiger partial charge >= 0.3 is 0 Å². The second kappa shape index (κ2) is 4.13. The van der Waals surface area contributed by atoms with Crippen LogP contribution >= 0.6 is 12.6 Å². The molecule has 0 spiro atoms. The zero-order valence-electron chi connectivity index (χ0n) is 9.73. The second-order valence-electron chi connectivity index (χ2n) is 4.92. The number of carbonyl (C=O) groups excluding carboxylic acids is 1. The van der Waals surface area contributed by atoms with Gasteiger partial charge in [-0.2, -0.15) is 0 Å². The van der Waals surface area contributed by atoms with E-state index in [2.05, 4.69) is 26.5 Å². The number of hydrogen-bond donors (Lipinski definition) is 1. The highest BCUT2D eigenvalue weighted by atomic mass is 32.1. The Balaban J connectivity index is 2.22. The van der Waals surface area contributed by atoms with E-state index in [0.717, 1.165) is 29.8 Å². The summed E-state index contributed by atoms with van der Waals surface area (Å²) < 4.78 is 0. The third-order valence-electron chi connectivity index (χ3n) is 3.26. The van der Waals surface area contributed by atoms with Crippen LogP contribution in [0, 0.1) is 0 Å². The summed E-state index contributed by atoms with van der Waals surface area (Å²) in [6, 6.07) is 7.41. The predicted octanol–water partition coefficient (Wildman–Crippen LogP) is 2.99. The molecule has 1 saturated heterocycles.